The number of aryl methyl sites for hydroxylation is 1. The predicted octanol–water partition coefficient (Wildman–Crippen LogP) is 1.74. The summed E-state index contributed by atoms with van der Waals surface area (Å²) >= 11 is 0. The minimum absolute atomic E-state index is 0.115. The first-order valence-corrected chi connectivity index (χ1v) is 8.38. The largest absolute Gasteiger partial charge is 0.454 e. The third-order valence-corrected chi connectivity index (χ3v) is 4.56. The first-order valence-electron chi connectivity index (χ1n) is 8.38. The van der Waals surface area contributed by atoms with Crippen LogP contribution in [0.3, 0.4) is 0 Å². The van der Waals surface area contributed by atoms with Gasteiger partial charge < -0.3 is 14.8 Å². The molecular formula is C18H19N3O4. The Morgan fingerprint density at radius 2 is 2.16 bits per heavy atom. The maximum absolute atomic E-state index is 12.3. The van der Waals surface area contributed by atoms with Crippen LogP contribution < -0.4 is 20.3 Å². The highest BCUT2D eigenvalue weighted by molar-refractivity contribution is 5.90. The van der Waals surface area contributed by atoms with Gasteiger partial charge in [0.15, 0.2) is 11.5 Å². The van der Waals surface area contributed by atoms with Crippen LogP contribution in [-0.2, 0) is 24.2 Å². The van der Waals surface area contributed by atoms with Crippen LogP contribution in [0.4, 0.5) is 5.69 Å². The molecule has 25 heavy (non-hydrogen) atoms. The highest BCUT2D eigenvalue weighted by atomic mass is 16.7. The summed E-state index contributed by atoms with van der Waals surface area (Å²) in [5.74, 6) is 1.51. The van der Waals surface area contributed by atoms with Gasteiger partial charge in [0, 0.05) is 17.8 Å². The number of aromatic nitrogens is 2. The summed E-state index contributed by atoms with van der Waals surface area (Å²) in [5.41, 5.74) is 2.28. The van der Waals surface area contributed by atoms with E-state index in [-0.39, 0.29) is 24.8 Å². The molecule has 1 aromatic carbocycles. The maximum atomic E-state index is 12.3. The number of ether oxygens (including phenoxy) is 2. The van der Waals surface area contributed by atoms with Crippen molar-refractivity contribution in [2.75, 3.05) is 12.1 Å². The van der Waals surface area contributed by atoms with E-state index in [9.17, 15) is 9.59 Å². The topological polar surface area (TPSA) is 82.5 Å². The van der Waals surface area contributed by atoms with Crippen LogP contribution in [0, 0.1) is 5.92 Å². The van der Waals surface area contributed by atoms with E-state index in [1.807, 2.05) is 0 Å². The van der Waals surface area contributed by atoms with Crippen LogP contribution >= 0.6 is 0 Å². The van der Waals surface area contributed by atoms with E-state index in [2.05, 4.69) is 17.3 Å². The quantitative estimate of drug-likeness (QED) is 0.919. The summed E-state index contributed by atoms with van der Waals surface area (Å²) < 4.78 is 11.8. The molecule has 0 saturated carbocycles. The van der Waals surface area contributed by atoms with Crippen molar-refractivity contribution in [2.24, 2.45) is 5.92 Å². The van der Waals surface area contributed by atoms with E-state index < -0.39 is 0 Å². The summed E-state index contributed by atoms with van der Waals surface area (Å²) in [5, 5.41) is 7.15. The van der Waals surface area contributed by atoms with Crippen molar-refractivity contribution < 1.29 is 14.3 Å². The molecule has 1 aliphatic carbocycles. The summed E-state index contributed by atoms with van der Waals surface area (Å²) in [6.07, 6.45) is 2.78. The Bertz CT molecular complexity index is 890. The van der Waals surface area contributed by atoms with Crippen molar-refractivity contribution in [3.05, 3.63) is 45.9 Å². The summed E-state index contributed by atoms with van der Waals surface area (Å²) in [6, 6.07) is 6.79. The minimum atomic E-state index is -0.308. The number of anilines is 1. The Morgan fingerprint density at radius 1 is 1.32 bits per heavy atom. The van der Waals surface area contributed by atoms with Gasteiger partial charge in [0.2, 0.25) is 12.7 Å². The van der Waals surface area contributed by atoms with Gasteiger partial charge in [0.05, 0.1) is 5.69 Å². The van der Waals surface area contributed by atoms with Gasteiger partial charge in [0.25, 0.3) is 5.56 Å². The highest BCUT2D eigenvalue weighted by Crippen LogP contribution is 2.34. The molecule has 2 aromatic rings. The Kier molecular flexibility index (Phi) is 3.91. The Morgan fingerprint density at radius 3 is 3.04 bits per heavy atom. The monoisotopic (exact) mass is 341 g/mol. The van der Waals surface area contributed by atoms with E-state index in [4.69, 9.17) is 9.47 Å². The molecule has 1 unspecified atom stereocenters. The standard InChI is InChI=1S/C18H19N3O4/c1-11-2-4-14-12(6-11)7-18(23)21(20-14)9-17(22)19-13-3-5-15-16(8-13)25-10-24-15/h3,5,7-8,11H,2,4,6,9-10H2,1H3,(H,19,22). The van der Waals surface area contributed by atoms with Gasteiger partial charge in [-0.2, -0.15) is 5.10 Å². The van der Waals surface area contributed by atoms with Crippen LogP contribution in [0.5, 0.6) is 11.5 Å². The van der Waals surface area contributed by atoms with Gasteiger partial charge in [-0.3, -0.25) is 9.59 Å². The van der Waals surface area contributed by atoms with E-state index >= 15 is 0 Å². The van der Waals surface area contributed by atoms with Crippen LogP contribution in [0.25, 0.3) is 0 Å². The molecule has 0 radical (unpaired) electrons. The molecule has 0 bridgehead atoms. The van der Waals surface area contributed by atoms with Gasteiger partial charge in [-0.15, -0.1) is 0 Å². The fraction of sp³-hybridized carbons (Fsp3) is 0.389. The lowest BCUT2D eigenvalue weighted by molar-refractivity contribution is -0.117. The zero-order valence-corrected chi connectivity index (χ0v) is 13.9. The van der Waals surface area contributed by atoms with Gasteiger partial charge in [-0.1, -0.05) is 6.92 Å². The molecule has 4 rings (SSSR count). The third-order valence-electron chi connectivity index (χ3n) is 4.56. The van der Waals surface area contributed by atoms with Gasteiger partial charge in [-0.05, 0) is 42.9 Å². The number of carbonyl (C=O) groups is 1. The number of benzene rings is 1. The highest BCUT2D eigenvalue weighted by Gasteiger charge is 2.19. The number of nitrogens with zero attached hydrogens (tertiary/aromatic N) is 2. The predicted molar refractivity (Wildman–Crippen MR) is 90.9 cm³/mol. The van der Waals surface area contributed by atoms with Crippen molar-refractivity contribution in [1.29, 1.82) is 0 Å². The molecule has 1 amide bonds. The molecule has 130 valence electrons. The van der Waals surface area contributed by atoms with E-state index in [1.54, 1.807) is 24.3 Å². The van der Waals surface area contributed by atoms with Crippen molar-refractivity contribution in [3.8, 4) is 11.5 Å². The number of carbonyl (C=O) groups excluding carboxylic acids is 1. The normalized spacial score (nSPS) is 17.9. The van der Waals surface area contributed by atoms with Gasteiger partial charge in [-0.25, -0.2) is 4.68 Å². The van der Waals surface area contributed by atoms with Gasteiger partial charge in [0.1, 0.15) is 6.54 Å². The first kappa shape index (κ1) is 15.7. The molecule has 7 nitrogen and oxygen atoms in total. The zero-order valence-electron chi connectivity index (χ0n) is 13.9. The minimum Gasteiger partial charge on any atom is -0.454 e. The third kappa shape index (κ3) is 3.22. The molecule has 0 spiro atoms. The summed E-state index contributed by atoms with van der Waals surface area (Å²) in [6.45, 7) is 2.24. The van der Waals surface area contributed by atoms with E-state index in [0.29, 0.717) is 23.1 Å². The second-order valence-electron chi connectivity index (χ2n) is 6.58. The number of fused-ring (bicyclic) bond motifs is 2. The van der Waals surface area contributed by atoms with Crippen LogP contribution in [0.15, 0.2) is 29.1 Å². The fourth-order valence-electron chi connectivity index (χ4n) is 3.24. The molecule has 0 fully saturated rings. The number of amides is 1. The van der Waals surface area contributed by atoms with Crippen molar-refractivity contribution in [3.63, 3.8) is 0 Å². The van der Waals surface area contributed by atoms with Crippen LogP contribution in [0.1, 0.15) is 24.6 Å². The fourth-order valence-corrected chi connectivity index (χ4v) is 3.24. The average Bonchev–Trinajstić information content (AvgIpc) is 3.03. The van der Waals surface area contributed by atoms with Crippen molar-refractivity contribution in [2.45, 2.75) is 32.7 Å². The second kappa shape index (κ2) is 6.23. The smallest absolute Gasteiger partial charge is 0.267 e. The first-order chi connectivity index (χ1) is 12.1. The SMILES string of the molecule is CC1CCc2nn(CC(=O)Nc3ccc4c(c3)OCO4)c(=O)cc2C1. The lowest BCUT2D eigenvalue weighted by atomic mass is 9.88. The maximum Gasteiger partial charge on any atom is 0.267 e. The molecule has 1 aromatic heterocycles. The van der Waals surface area contributed by atoms with Crippen molar-refractivity contribution >= 4 is 11.6 Å². The number of rotatable bonds is 3. The lowest BCUT2D eigenvalue weighted by Gasteiger charge is -2.20. The Balaban J connectivity index is 1.48. The average molecular weight is 341 g/mol. The lowest BCUT2D eigenvalue weighted by Crippen LogP contribution is -2.32. The van der Waals surface area contributed by atoms with E-state index in [0.717, 1.165) is 30.5 Å². The molecule has 1 atom stereocenters. The number of hydrogen-bond acceptors (Lipinski definition) is 5. The molecule has 2 heterocycles. The van der Waals surface area contributed by atoms with Crippen LogP contribution in [-0.4, -0.2) is 22.5 Å². The number of nitrogens with one attached hydrogen (secondary N) is 1. The summed E-state index contributed by atoms with van der Waals surface area (Å²) in [4.78, 5) is 24.5. The number of hydrogen-bond donors (Lipinski definition) is 1. The molecule has 1 aliphatic heterocycles. The molecule has 0 saturated heterocycles. The summed E-state index contributed by atoms with van der Waals surface area (Å²) in [7, 11) is 0. The van der Waals surface area contributed by atoms with Crippen LogP contribution in [0.2, 0.25) is 0 Å². The zero-order chi connectivity index (χ0) is 17.4. The van der Waals surface area contributed by atoms with E-state index in [1.165, 1.54) is 4.68 Å². The molecule has 7 heteroatoms. The molecule has 1 N–H and O–H groups in total. The van der Waals surface area contributed by atoms with Crippen molar-refractivity contribution in [1.82, 2.24) is 9.78 Å². The Labute approximate surface area is 144 Å². The Hall–Kier alpha value is -2.83. The van der Waals surface area contributed by atoms with Gasteiger partial charge >= 0.3 is 0 Å². The second-order valence-corrected chi connectivity index (χ2v) is 6.58. The molecular weight excluding hydrogens is 322 g/mol. The molecule has 2 aliphatic rings.